The molecule has 0 radical (unpaired) electrons. The summed E-state index contributed by atoms with van der Waals surface area (Å²) in [4.78, 5) is 35.7. The minimum Gasteiger partial charge on any atom is -0.481 e. The quantitative estimate of drug-likeness (QED) is 0.774. The number of fused-ring (bicyclic) bond motifs is 1. The van der Waals surface area contributed by atoms with Crippen molar-refractivity contribution < 1.29 is 24.6 Å². The van der Waals surface area contributed by atoms with E-state index in [1.807, 2.05) is 6.92 Å². The second-order valence-corrected chi connectivity index (χ2v) is 5.31. The van der Waals surface area contributed by atoms with Gasteiger partial charge in [0.15, 0.2) is 11.8 Å². The highest BCUT2D eigenvalue weighted by atomic mass is 16.4. The molecule has 0 fully saturated rings. The first-order valence-corrected chi connectivity index (χ1v) is 6.76. The van der Waals surface area contributed by atoms with Gasteiger partial charge in [0, 0.05) is 24.2 Å². The third-order valence-corrected chi connectivity index (χ3v) is 3.63. The van der Waals surface area contributed by atoms with E-state index in [1.165, 1.54) is 0 Å². The van der Waals surface area contributed by atoms with Crippen molar-refractivity contribution in [1.82, 2.24) is 0 Å². The molecule has 0 spiro atoms. The Bertz CT molecular complexity index is 583. The van der Waals surface area contributed by atoms with Gasteiger partial charge in [0.25, 0.3) is 0 Å². The lowest BCUT2D eigenvalue weighted by Crippen LogP contribution is -2.44. The lowest BCUT2D eigenvalue weighted by molar-refractivity contribution is -0.138. The summed E-state index contributed by atoms with van der Waals surface area (Å²) in [6.45, 7) is 2.19. The molecule has 0 saturated heterocycles. The van der Waals surface area contributed by atoms with Crippen molar-refractivity contribution in [1.29, 1.82) is 0 Å². The Morgan fingerprint density at radius 1 is 1.29 bits per heavy atom. The lowest BCUT2D eigenvalue weighted by atomic mass is 10.0. The fourth-order valence-electron chi connectivity index (χ4n) is 2.61. The molecule has 112 valence electrons. The fourth-order valence-corrected chi connectivity index (χ4v) is 2.61. The van der Waals surface area contributed by atoms with Crippen LogP contribution in [0.4, 0.5) is 5.69 Å². The number of ketones is 1. The van der Waals surface area contributed by atoms with Crippen molar-refractivity contribution in [2.45, 2.75) is 25.8 Å². The van der Waals surface area contributed by atoms with Gasteiger partial charge in [-0.25, -0.2) is 4.79 Å². The van der Waals surface area contributed by atoms with Crippen LogP contribution in [0.2, 0.25) is 0 Å². The molecule has 1 aromatic rings. The van der Waals surface area contributed by atoms with E-state index in [1.54, 1.807) is 29.2 Å². The normalized spacial score (nSPS) is 18.4. The molecule has 2 N–H and O–H groups in total. The molecule has 0 saturated carbocycles. The molecule has 2 rings (SSSR count). The number of nitrogens with zero attached hydrogens (tertiary/aromatic N) is 1. The number of aliphatic carboxylic acids is 2. The molecular formula is C15H17NO5. The van der Waals surface area contributed by atoms with Crippen molar-refractivity contribution in [2.24, 2.45) is 5.92 Å². The van der Waals surface area contributed by atoms with Gasteiger partial charge in [-0.1, -0.05) is 19.1 Å². The van der Waals surface area contributed by atoms with Crippen molar-refractivity contribution in [2.75, 3.05) is 11.4 Å². The predicted octanol–water partition coefficient (Wildman–Crippen LogP) is 1.64. The van der Waals surface area contributed by atoms with Crippen LogP contribution < -0.4 is 4.90 Å². The van der Waals surface area contributed by atoms with Gasteiger partial charge in [-0.3, -0.25) is 9.59 Å². The molecule has 1 heterocycles. The molecule has 6 nitrogen and oxygen atoms in total. The number of carboxylic acid groups (broad SMARTS) is 2. The van der Waals surface area contributed by atoms with E-state index in [-0.39, 0.29) is 12.3 Å². The molecule has 0 aliphatic carbocycles. The first kappa shape index (κ1) is 15.0. The minimum atomic E-state index is -1.21. The topological polar surface area (TPSA) is 94.9 Å². The minimum absolute atomic E-state index is 0.0260. The van der Waals surface area contributed by atoms with E-state index < -0.39 is 23.8 Å². The monoisotopic (exact) mass is 291 g/mol. The number of Topliss-reactive ketones (excluding diaryl/α,β-unsaturated/α-hetero) is 1. The SMILES string of the molecule is C[C@H](CCC(=O)O)CN1c2ccccc2C(=O)[C@H]1C(=O)O. The van der Waals surface area contributed by atoms with Crippen LogP contribution in [-0.4, -0.2) is 40.5 Å². The maximum absolute atomic E-state index is 12.2. The van der Waals surface area contributed by atoms with Gasteiger partial charge in [0.2, 0.25) is 0 Å². The van der Waals surface area contributed by atoms with E-state index in [9.17, 15) is 19.5 Å². The largest absolute Gasteiger partial charge is 0.481 e. The van der Waals surface area contributed by atoms with E-state index in [4.69, 9.17) is 5.11 Å². The number of rotatable bonds is 6. The number of carboxylic acids is 2. The zero-order chi connectivity index (χ0) is 15.6. The second kappa shape index (κ2) is 5.95. The Morgan fingerprint density at radius 3 is 2.57 bits per heavy atom. The predicted molar refractivity (Wildman–Crippen MR) is 75.6 cm³/mol. The highest BCUT2D eigenvalue weighted by Crippen LogP contribution is 2.33. The van der Waals surface area contributed by atoms with Gasteiger partial charge in [-0.2, -0.15) is 0 Å². The van der Waals surface area contributed by atoms with E-state index in [0.717, 1.165) is 0 Å². The van der Waals surface area contributed by atoms with Crippen molar-refractivity contribution in [3.05, 3.63) is 29.8 Å². The van der Waals surface area contributed by atoms with E-state index in [2.05, 4.69) is 0 Å². The number of carbonyl (C=O) groups excluding carboxylic acids is 1. The average Bonchev–Trinajstić information content (AvgIpc) is 2.70. The molecule has 0 bridgehead atoms. The molecule has 1 aliphatic heterocycles. The molecule has 1 aliphatic rings. The van der Waals surface area contributed by atoms with Gasteiger partial charge < -0.3 is 15.1 Å². The lowest BCUT2D eigenvalue weighted by Gasteiger charge is -2.26. The number of benzene rings is 1. The zero-order valence-electron chi connectivity index (χ0n) is 11.7. The van der Waals surface area contributed by atoms with Gasteiger partial charge >= 0.3 is 11.9 Å². The second-order valence-electron chi connectivity index (χ2n) is 5.31. The molecule has 2 atom stereocenters. The Kier molecular flexibility index (Phi) is 4.26. The zero-order valence-corrected chi connectivity index (χ0v) is 11.7. The number of anilines is 1. The molecule has 0 aromatic heterocycles. The smallest absolute Gasteiger partial charge is 0.334 e. The summed E-state index contributed by atoms with van der Waals surface area (Å²) >= 11 is 0. The summed E-state index contributed by atoms with van der Waals surface area (Å²) in [6.07, 6.45) is 0.469. The van der Waals surface area contributed by atoms with Gasteiger partial charge in [-0.15, -0.1) is 0 Å². The first-order valence-electron chi connectivity index (χ1n) is 6.76. The Labute approximate surface area is 122 Å². The molecule has 1 aromatic carbocycles. The van der Waals surface area contributed by atoms with Crippen LogP contribution in [0, 0.1) is 5.92 Å². The van der Waals surface area contributed by atoms with E-state index >= 15 is 0 Å². The maximum atomic E-state index is 12.2. The highest BCUT2D eigenvalue weighted by Gasteiger charge is 2.42. The van der Waals surface area contributed by atoms with Gasteiger partial charge in [-0.05, 0) is 24.5 Å². The van der Waals surface area contributed by atoms with Crippen LogP contribution in [-0.2, 0) is 9.59 Å². The Balaban J connectivity index is 2.21. The average molecular weight is 291 g/mol. The summed E-state index contributed by atoms with van der Waals surface area (Å²) in [5.74, 6) is -2.50. The molecule has 0 unspecified atom stereocenters. The fraction of sp³-hybridized carbons (Fsp3) is 0.400. The van der Waals surface area contributed by atoms with E-state index in [0.29, 0.717) is 24.2 Å². The molecule has 6 heteroatoms. The summed E-state index contributed by atoms with van der Waals surface area (Å²) < 4.78 is 0. The van der Waals surface area contributed by atoms with Crippen LogP contribution in [0.1, 0.15) is 30.1 Å². The standard InChI is InChI=1S/C15H17NO5/c1-9(6-7-12(17)18)8-16-11-5-3-2-4-10(11)14(19)13(16)15(20)21/h2-5,9,13H,6-8H2,1H3,(H,17,18)(H,20,21)/t9-,13+/m1/s1. The first-order chi connectivity index (χ1) is 9.91. The van der Waals surface area contributed by atoms with Crippen LogP contribution >= 0.6 is 0 Å². The third-order valence-electron chi connectivity index (χ3n) is 3.63. The number of para-hydroxylation sites is 1. The number of carbonyl (C=O) groups is 3. The summed E-state index contributed by atoms with van der Waals surface area (Å²) in [5, 5.41) is 18.0. The molecule has 0 amide bonds. The van der Waals surface area contributed by atoms with Crippen LogP contribution in [0.25, 0.3) is 0 Å². The Hall–Kier alpha value is -2.37. The van der Waals surface area contributed by atoms with Crippen LogP contribution in [0.15, 0.2) is 24.3 Å². The summed E-state index contributed by atoms with van der Waals surface area (Å²) in [6, 6.07) is 5.59. The van der Waals surface area contributed by atoms with Crippen molar-refractivity contribution in [3.8, 4) is 0 Å². The summed E-state index contributed by atoms with van der Waals surface area (Å²) in [5.41, 5.74) is 1.02. The molecule has 21 heavy (non-hydrogen) atoms. The van der Waals surface area contributed by atoms with Crippen LogP contribution in [0.3, 0.4) is 0 Å². The number of hydrogen-bond acceptors (Lipinski definition) is 4. The third kappa shape index (κ3) is 3.04. The number of hydrogen-bond donors (Lipinski definition) is 2. The highest BCUT2D eigenvalue weighted by molar-refractivity contribution is 6.20. The molecular weight excluding hydrogens is 274 g/mol. The van der Waals surface area contributed by atoms with Gasteiger partial charge in [0.1, 0.15) is 0 Å². The van der Waals surface area contributed by atoms with Crippen LogP contribution in [0.5, 0.6) is 0 Å². The van der Waals surface area contributed by atoms with Crippen molar-refractivity contribution in [3.63, 3.8) is 0 Å². The van der Waals surface area contributed by atoms with Crippen molar-refractivity contribution >= 4 is 23.4 Å². The maximum Gasteiger partial charge on any atom is 0.334 e. The summed E-state index contributed by atoms with van der Waals surface area (Å²) in [7, 11) is 0. The Morgan fingerprint density at radius 2 is 1.95 bits per heavy atom. The van der Waals surface area contributed by atoms with Gasteiger partial charge in [0.05, 0.1) is 0 Å².